The van der Waals surface area contributed by atoms with Gasteiger partial charge >= 0.3 is 12.4 Å². The minimum Gasteiger partial charge on any atom is -0.387 e. The Balaban J connectivity index is 2.08. The van der Waals surface area contributed by atoms with Gasteiger partial charge in [-0.25, -0.2) is 4.98 Å². The molecule has 1 aliphatic carbocycles. The second-order valence-corrected chi connectivity index (χ2v) is 7.55. The van der Waals surface area contributed by atoms with Crippen LogP contribution in [-0.2, 0) is 13.0 Å². The zero-order chi connectivity index (χ0) is 22.5. The topological polar surface area (TPSA) is 50.4 Å². The molecule has 0 aromatic carbocycles. The minimum atomic E-state index is -4.96. The second-order valence-electron chi connectivity index (χ2n) is 7.55. The maximum absolute atomic E-state index is 13.6. The summed E-state index contributed by atoms with van der Waals surface area (Å²) in [6.07, 6.45) is -5.23. The molecule has 2 heterocycles. The molecule has 164 valence electrons. The molecule has 3 rings (SSSR count). The molecule has 1 aromatic heterocycles. The van der Waals surface area contributed by atoms with E-state index in [1.807, 2.05) is 6.92 Å². The van der Waals surface area contributed by atoms with Gasteiger partial charge in [0.05, 0.1) is 23.9 Å². The van der Waals surface area contributed by atoms with Gasteiger partial charge in [0.15, 0.2) is 0 Å². The molecule has 4 nitrogen and oxygen atoms in total. The van der Waals surface area contributed by atoms with Gasteiger partial charge in [0.25, 0.3) is 0 Å². The Hall–Kier alpha value is -2.36. The van der Waals surface area contributed by atoms with Gasteiger partial charge in [-0.05, 0) is 31.1 Å². The van der Waals surface area contributed by atoms with E-state index in [0.29, 0.717) is 24.0 Å². The SMILES string of the molecule is CCc1nc(C)cn1CC(O)C1=CC(C(F)(F)F)=NC2(C)C1=CC=CC2C(F)(F)F. The molecule has 3 unspecified atom stereocenters. The lowest BCUT2D eigenvalue weighted by Crippen LogP contribution is -2.49. The average Bonchev–Trinajstić information content (AvgIpc) is 2.97. The number of aliphatic hydroxyl groups excluding tert-OH is 1. The third-order valence-corrected chi connectivity index (χ3v) is 5.34. The fraction of sp³-hybridized carbons (Fsp3) is 0.500. The molecule has 0 amide bonds. The summed E-state index contributed by atoms with van der Waals surface area (Å²) in [5.41, 5.74) is -3.33. The summed E-state index contributed by atoms with van der Waals surface area (Å²) in [6.45, 7) is 4.44. The average molecular weight is 433 g/mol. The van der Waals surface area contributed by atoms with E-state index in [9.17, 15) is 31.4 Å². The van der Waals surface area contributed by atoms with E-state index in [-0.39, 0.29) is 17.7 Å². The Labute approximate surface area is 169 Å². The quantitative estimate of drug-likeness (QED) is 0.712. The molecule has 1 aliphatic heterocycles. The van der Waals surface area contributed by atoms with E-state index in [4.69, 9.17) is 0 Å². The van der Waals surface area contributed by atoms with Crippen molar-refractivity contribution in [2.24, 2.45) is 10.9 Å². The summed E-state index contributed by atoms with van der Waals surface area (Å²) in [6, 6.07) is 0. The summed E-state index contributed by atoms with van der Waals surface area (Å²) >= 11 is 0. The number of aliphatic hydroxyl groups is 1. The number of dihydropyridines is 1. The molecule has 0 fully saturated rings. The summed E-state index contributed by atoms with van der Waals surface area (Å²) in [4.78, 5) is 7.75. The van der Waals surface area contributed by atoms with Crippen LogP contribution in [0, 0.1) is 12.8 Å². The van der Waals surface area contributed by atoms with Crippen LogP contribution in [0.3, 0.4) is 0 Å². The first-order valence-electron chi connectivity index (χ1n) is 9.32. The normalized spacial score (nSPS) is 25.4. The van der Waals surface area contributed by atoms with Crippen molar-refractivity contribution in [2.45, 2.75) is 57.7 Å². The molecule has 0 radical (unpaired) electrons. The molecule has 3 atom stereocenters. The number of hydrogen-bond donors (Lipinski definition) is 1. The lowest BCUT2D eigenvalue weighted by Gasteiger charge is -2.42. The summed E-state index contributed by atoms with van der Waals surface area (Å²) in [5, 5.41) is 10.8. The van der Waals surface area contributed by atoms with E-state index in [1.54, 1.807) is 17.7 Å². The fourth-order valence-electron chi connectivity index (χ4n) is 3.98. The van der Waals surface area contributed by atoms with Gasteiger partial charge < -0.3 is 9.67 Å². The van der Waals surface area contributed by atoms with Crippen molar-refractivity contribution in [2.75, 3.05) is 0 Å². The van der Waals surface area contributed by atoms with Crippen LogP contribution in [0.1, 0.15) is 25.4 Å². The summed E-state index contributed by atoms with van der Waals surface area (Å²) in [7, 11) is 0. The number of nitrogens with zero attached hydrogens (tertiary/aromatic N) is 3. The van der Waals surface area contributed by atoms with E-state index < -0.39 is 35.6 Å². The Bertz CT molecular complexity index is 951. The van der Waals surface area contributed by atoms with Crippen LogP contribution in [0.5, 0.6) is 0 Å². The van der Waals surface area contributed by atoms with Gasteiger partial charge in [-0.3, -0.25) is 4.99 Å². The van der Waals surface area contributed by atoms with Crippen molar-refractivity contribution < 1.29 is 31.4 Å². The maximum Gasteiger partial charge on any atom is 0.432 e. The third kappa shape index (κ3) is 3.97. The van der Waals surface area contributed by atoms with E-state index in [1.165, 1.54) is 6.08 Å². The van der Waals surface area contributed by atoms with Crippen LogP contribution in [0.25, 0.3) is 0 Å². The zero-order valence-corrected chi connectivity index (χ0v) is 16.5. The molecule has 0 saturated heterocycles. The van der Waals surface area contributed by atoms with Crippen molar-refractivity contribution in [3.8, 4) is 0 Å². The van der Waals surface area contributed by atoms with Crippen molar-refractivity contribution in [3.63, 3.8) is 0 Å². The predicted molar refractivity (Wildman–Crippen MR) is 99.1 cm³/mol. The van der Waals surface area contributed by atoms with Crippen LogP contribution < -0.4 is 0 Å². The maximum atomic E-state index is 13.6. The van der Waals surface area contributed by atoms with Gasteiger partial charge in [0, 0.05) is 12.6 Å². The lowest BCUT2D eigenvalue weighted by molar-refractivity contribution is -0.173. The van der Waals surface area contributed by atoms with E-state index in [2.05, 4.69) is 9.98 Å². The number of halogens is 6. The Morgan fingerprint density at radius 2 is 1.90 bits per heavy atom. The van der Waals surface area contributed by atoms with Crippen molar-refractivity contribution in [3.05, 3.63) is 53.2 Å². The Morgan fingerprint density at radius 3 is 2.47 bits per heavy atom. The van der Waals surface area contributed by atoms with Crippen LogP contribution in [0.15, 0.2) is 46.6 Å². The van der Waals surface area contributed by atoms with Crippen molar-refractivity contribution in [1.82, 2.24) is 9.55 Å². The first-order valence-corrected chi connectivity index (χ1v) is 9.32. The van der Waals surface area contributed by atoms with E-state index >= 15 is 0 Å². The predicted octanol–water partition coefficient (Wildman–Crippen LogP) is 4.49. The monoisotopic (exact) mass is 433 g/mol. The van der Waals surface area contributed by atoms with Crippen LogP contribution in [0.4, 0.5) is 26.3 Å². The number of allylic oxidation sites excluding steroid dienone is 3. The van der Waals surface area contributed by atoms with Gasteiger partial charge in [-0.15, -0.1) is 0 Å². The molecule has 0 spiro atoms. The number of aromatic nitrogens is 2. The van der Waals surface area contributed by atoms with E-state index in [0.717, 1.165) is 19.1 Å². The van der Waals surface area contributed by atoms with Gasteiger partial charge in [-0.1, -0.05) is 25.2 Å². The van der Waals surface area contributed by atoms with Gasteiger partial charge in [-0.2, -0.15) is 26.3 Å². The highest BCUT2D eigenvalue weighted by atomic mass is 19.4. The number of imidazole rings is 1. The molecular weight excluding hydrogens is 412 g/mol. The highest BCUT2D eigenvalue weighted by Crippen LogP contribution is 2.49. The number of rotatable bonds is 4. The lowest BCUT2D eigenvalue weighted by atomic mass is 9.70. The molecule has 2 aliphatic rings. The molecule has 1 N–H and O–H groups in total. The first-order chi connectivity index (χ1) is 13.8. The van der Waals surface area contributed by atoms with Crippen LogP contribution in [0.2, 0.25) is 0 Å². The Kier molecular flexibility index (Phi) is 5.51. The molecular formula is C20H21F6N3O. The third-order valence-electron chi connectivity index (χ3n) is 5.34. The number of aliphatic imine (C=N–C) groups is 1. The zero-order valence-electron chi connectivity index (χ0n) is 16.5. The van der Waals surface area contributed by atoms with Crippen molar-refractivity contribution >= 4 is 5.71 Å². The number of fused-ring (bicyclic) bond motifs is 1. The minimum absolute atomic E-state index is 0.0808. The molecule has 10 heteroatoms. The fourth-order valence-corrected chi connectivity index (χ4v) is 3.98. The van der Waals surface area contributed by atoms with Crippen LogP contribution >= 0.6 is 0 Å². The molecule has 0 bridgehead atoms. The second kappa shape index (κ2) is 7.40. The molecule has 1 aromatic rings. The smallest absolute Gasteiger partial charge is 0.387 e. The van der Waals surface area contributed by atoms with Gasteiger partial charge in [0.2, 0.25) is 0 Å². The van der Waals surface area contributed by atoms with Crippen LogP contribution in [-0.4, -0.2) is 44.4 Å². The number of alkyl halides is 6. The highest BCUT2D eigenvalue weighted by molar-refractivity contribution is 6.02. The molecule has 30 heavy (non-hydrogen) atoms. The standard InChI is InChI=1S/C20H21F6N3O/c1-4-17-27-11(2)9-29(17)10-14(30)12-8-16(20(24,25)26)28-18(3)13(12)6-5-7-15(18)19(21,22)23/h5-9,14-15,30H,4,10H2,1-3H3. The number of aryl methyl sites for hydroxylation is 2. The summed E-state index contributed by atoms with van der Waals surface area (Å²) in [5.74, 6) is -1.64. The van der Waals surface area contributed by atoms with Gasteiger partial charge in [0.1, 0.15) is 17.5 Å². The highest BCUT2D eigenvalue weighted by Gasteiger charge is 2.56. The summed E-state index contributed by atoms with van der Waals surface area (Å²) < 4.78 is 83.0. The van der Waals surface area contributed by atoms with Crippen molar-refractivity contribution in [1.29, 1.82) is 0 Å². The Morgan fingerprint density at radius 1 is 1.23 bits per heavy atom. The molecule has 0 saturated carbocycles. The largest absolute Gasteiger partial charge is 0.432 e. The number of hydrogen-bond acceptors (Lipinski definition) is 3. The first kappa shape index (κ1) is 22.3.